The third-order valence-corrected chi connectivity index (χ3v) is 5.21. The summed E-state index contributed by atoms with van der Waals surface area (Å²) >= 11 is 6.41. The molecule has 0 spiro atoms. The number of nitrogens with one attached hydrogen (secondary N) is 2. The molecule has 4 rings (SSSR count). The molecule has 28 heavy (non-hydrogen) atoms. The Morgan fingerprint density at radius 1 is 1.14 bits per heavy atom. The highest BCUT2D eigenvalue weighted by Crippen LogP contribution is 2.33. The second kappa shape index (κ2) is 7.59. The lowest BCUT2D eigenvalue weighted by Crippen LogP contribution is -2.26. The van der Waals surface area contributed by atoms with Crippen molar-refractivity contribution in [2.45, 2.75) is 26.8 Å². The molecule has 0 amide bonds. The van der Waals surface area contributed by atoms with E-state index in [0.717, 1.165) is 40.9 Å². The smallest absolute Gasteiger partial charge is 0.162 e. The zero-order chi connectivity index (χ0) is 19.7. The highest BCUT2D eigenvalue weighted by molar-refractivity contribution is 6.35. The first-order valence-electron chi connectivity index (χ1n) is 9.37. The lowest BCUT2D eigenvalue weighted by Gasteiger charge is -2.26. The van der Waals surface area contributed by atoms with Gasteiger partial charge < -0.3 is 15.2 Å². The summed E-state index contributed by atoms with van der Waals surface area (Å²) in [7, 11) is 0. The van der Waals surface area contributed by atoms with Crippen LogP contribution in [0.1, 0.15) is 32.4 Å². The zero-order valence-corrected chi connectivity index (χ0v) is 16.8. The topological polar surface area (TPSA) is 82.6 Å². The van der Waals surface area contributed by atoms with E-state index in [0.29, 0.717) is 16.5 Å². The summed E-state index contributed by atoms with van der Waals surface area (Å²) in [6, 6.07) is 7.97. The maximum absolute atomic E-state index is 6.41. The SMILES string of the molecule is CCN(CC)c1nc2c(Cl)cccc2cc1[C@H](C)Nc1ncnc2[nH]cnc12. The number of para-hydroxylation sites is 1. The van der Waals surface area contributed by atoms with Crippen molar-refractivity contribution >= 4 is 45.3 Å². The van der Waals surface area contributed by atoms with E-state index in [1.165, 1.54) is 6.33 Å². The van der Waals surface area contributed by atoms with Crippen LogP contribution in [0.4, 0.5) is 11.6 Å². The van der Waals surface area contributed by atoms with Gasteiger partial charge in [-0.1, -0.05) is 23.7 Å². The molecule has 0 bridgehead atoms. The van der Waals surface area contributed by atoms with Gasteiger partial charge in [-0.05, 0) is 32.9 Å². The van der Waals surface area contributed by atoms with E-state index in [4.69, 9.17) is 16.6 Å². The quantitative estimate of drug-likeness (QED) is 0.497. The lowest BCUT2D eigenvalue weighted by atomic mass is 10.1. The Kier molecular flexibility index (Phi) is 5.00. The summed E-state index contributed by atoms with van der Waals surface area (Å²) in [6.07, 6.45) is 3.15. The number of rotatable bonds is 6. The Bertz CT molecular complexity index is 1120. The minimum Gasteiger partial charge on any atom is -0.361 e. The zero-order valence-electron chi connectivity index (χ0n) is 16.1. The molecule has 1 aromatic carbocycles. The van der Waals surface area contributed by atoms with E-state index in [1.807, 2.05) is 18.2 Å². The van der Waals surface area contributed by atoms with Gasteiger partial charge in [-0.15, -0.1) is 0 Å². The van der Waals surface area contributed by atoms with Crippen molar-refractivity contribution < 1.29 is 0 Å². The minimum atomic E-state index is -0.0405. The van der Waals surface area contributed by atoms with Gasteiger partial charge in [-0.3, -0.25) is 0 Å². The molecule has 2 N–H and O–H groups in total. The molecule has 8 heteroatoms. The molecule has 3 aromatic heterocycles. The highest BCUT2D eigenvalue weighted by atomic mass is 35.5. The first-order chi connectivity index (χ1) is 13.6. The van der Waals surface area contributed by atoms with Gasteiger partial charge in [0.2, 0.25) is 0 Å². The van der Waals surface area contributed by atoms with Crippen molar-refractivity contribution in [2.24, 2.45) is 0 Å². The molecule has 144 valence electrons. The number of benzene rings is 1. The van der Waals surface area contributed by atoms with Crippen LogP contribution in [-0.2, 0) is 0 Å². The second-order valence-electron chi connectivity index (χ2n) is 6.57. The van der Waals surface area contributed by atoms with Gasteiger partial charge in [0.15, 0.2) is 11.5 Å². The Morgan fingerprint density at radius 3 is 2.75 bits per heavy atom. The number of hydrogen-bond acceptors (Lipinski definition) is 6. The highest BCUT2D eigenvalue weighted by Gasteiger charge is 2.19. The van der Waals surface area contributed by atoms with Gasteiger partial charge in [0.25, 0.3) is 0 Å². The minimum absolute atomic E-state index is 0.0405. The van der Waals surface area contributed by atoms with Gasteiger partial charge in [0, 0.05) is 24.0 Å². The van der Waals surface area contributed by atoms with Crippen LogP contribution >= 0.6 is 11.6 Å². The molecule has 0 saturated carbocycles. The van der Waals surface area contributed by atoms with Crippen LogP contribution in [0, 0.1) is 0 Å². The number of pyridine rings is 1. The summed E-state index contributed by atoms with van der Waals surface area (Å²) in [5.74, 6) is 1.62. The standard InChI is InChI=1S/C20H22ClN7/c1-4-28(5-2)20-14(9-13-7-6-8-15(21)16(13)27-20)12(3)26-19-17-18(23-10-22-17)24-11-25-19/h6-12H,4-5H2,1-3H3,(H2,22,23,24,25,26)/t12-/m0/s1. The molecule has 0 aliphatic heterocycles. The number of halogens is 1. The predicted octanol–water partition coefficient (Wildman–Crippen LogP) is 4.57. The lowest BCUT2D eigenvalue weighted by molar-refractivity contribution is 0.806. The summed E-state index contributed by atoms with van der Waals surface area (Å²) in [5.41, 5.74) is 3.33. The van der Waals surface area contributed by atoms with E-state index in [-0.39, 0.29) is 6.04 Å². The largest absolute Gasteiger partial charge is 0.361 e. The van der Waals surface area contributed by atoms with E-state index < -0.39 is 0 Å². The van der Waals surface area contributed by atoms with Gasteiger partial charge in [-0.25, -0.2) is 19.9 Å². The molecule has 0 aliphatic rings. The molecule has 0 unspecified atom stereocenters. The predicted molar refractivity (Wildman–Crippen MR) is 114 cm³/mol. The van der Waals surface area contributed by atoms with Crippen molar-refractivity contribution in [1.82, 2.24) is 24.9 Å². The first-order valence-corrected chi connectivity index (χ1v) is 9.74. The molecule has 0 radical (unpaired) electrons. The van der Waals surface area contributed by atoms with Gasteiger partial charge >= 0.3 is 0 Å². The number of nitrogens with zero attached hydrogens (tertiary/aromatic N) is 5. The first kappa shape index (κ1) is 18.4. The molecule has 0 fully saturated rings. The number of H-pyrrole nitrogens is 1. The molecule has 0 aliphatic carbocycles. The van der Waals surface area contributed by atoms with Gasteiger partial charge in [0.05, 0.1) is 22.9 Å². The van der Waals surface area contributed by atoms with Crippen molar-refractivity contribution in [3.05, 3.63) is 47.5 Å². The summed E-state index contributed by atoms with van der Waals surface area (Å²) < 4.78 is 0. The number of fused-ring (bicyclic) bond motifs is 2. The van der Waals surface area contributed by atoms with Crippen LogP contribution in [0.15, 0.2) is 36.9 Å². The number of anilines is 2. The van der Waals surface area contributed by atoms with Crippen LogP contribution in [0.3, 0.4) is 0 Å². The average Bonchev–Trinajstić information content (AvgIpc) is 3.19. The third kappa shape index (κ3) is 3.22. The molecular weight excluding hydrogens is 374 g/mol. The van der Waals surface area contributed by atoms with E-state index in [9.17, 15) is 0 Å². The van der Waals surface area contributed by atoms with Gasteiger partial charge in [-0.2, -0.15) is 0 Å². The summed E-state index contributed by atoms with van der Waals surface area (Å²) in [6.45, 7) is 8.07. The summed E-state index contributed by atoms with van der Waals surface area (Å²) in [5, 5.41) is 5.15. The van der Waals surface area contributed by atoms with E-state index in [1.54, 1.807) is 6.33 Å². The molecule has 7 nitrogen and oxygen atoms in total. The van der Waals surface area contributed by atoms with Crippen molar-refractivity contribution in [1.29, 1.82) is 0 Å². The number of imidazole rings is 1. The maximum atomic E-state index is 6.41. The Balaban J connectivity index is 1.81. The van der Waals surface area contributed by atoms with Crippen LogP contribution in [0.2, 0.25) is 5.02 Å². The number of hydrogen-bond donors (Lipinski definition) is 2. The van der Waals surface area contributed by atoms with E-state index in [2.05, 4.69) is 57.0 Å². The van der Waals surface area contributed by atoms with Crippen LogP contribution in [-0.4, -0.2) is 38.0 Å². The second-order valence-corrected chi connectivity index (χ2v) is 6.98. The third-order valence-electron chi connectivity index (χ3n) is 4.90. The molecule has 1 atom stereocenters. The van der Waals surface area contributed by atoms with Crippen LogP contribution in [0.25, 0.3) is 22.1 Å². The fourth-order valence-electron chi connectivity index (χ4n) is 3.42. The van der Waals surface area contributed by atoms with Crippen molar-refractivity contribution in [3.63, 3.8) is 0 Å². The molecule has 3 heterocycles. The maximum Gasteiger partial charge on any atom is 0.162 e. The van der Waals surface area contributed by atoms with Crippen LogP contribution < -0.4 is 10.2 Å². The fourth-order valence-corrected chi connectivity index (χ4v) is 3.64. The number of aromatic nitrogens is 5. The van der Waals surface area contributed by atoms with Crippen LogP contribution in [0.5, 0.6) is 0 Å². The Hall–Kier alpha value is -2.93. The van der Waals surface area contributed by atoms with Crippen molar-refractivity contribution in [2.75, 3.05) is 23.3 Å². The number of aromatic amines is 1. The molecular formula is C20H22ClN7. The monoisotopic (exact) mass is 395 g/mol. The fraction of sp³-hybridized carbons (Fsp3) is 0.300. The summed E-state index contributed by atoms with van der Waals surface area (Å²) in [4.78, 5) is 23.1. The molecule has 4 aromatic rings. The van der Waals surface area contributed by atoms with Gasteiger partial charge in [0.1, 0.15) is 17.7 Å². The normalized spacial score (nSPS) is 12.4. The Morgan fingerprint density at radius 2 is 1.96 bits per heavy atom. The van der Waals surface area contributed by atoms with Crippen molar-refractivity contribution in [3.8, 4) is 0 Å². The average molecular weight is 396 g/mol. The Labute approximate surface area is 168 Å². The molecule has 0 saturated heterocycles. The van der Waals surface area contributed by atoms with E-state index >= 15 is 0 Å².